The van der Waals surface area contributed by atoms with Gasteiger partial charge in [-0.15, -0.1) is 0 Å². The molecule has 0 amide bonds. The molecule has 2 heterocycles. The lowest BCUT2D eigenvalue weighted by atomic mass is 10.1. The van der Waals surface area contributed by atoms with Crippen molar-refractivity contribution >= 4 is 38.4 Å². The van der Waals surface area contributed by atoms with Gasteiger partial charge in [0.25, 0.3) is 11.2 Å². The number of aromatic amines is 1. The Morgan fingerprint density at radius 1 is 1.10 bits per heavy atom. The van der Waals surface area contributed by atoms with Gasteiger partial charge in [0.05, 0.1) is 21.5 Å². The van der Waals surface area contributed by atoms with Crippen molar-refractivity contribution in [2.75, 3.05) is 6.54 Å². The monoisotopic (exact) mass is 413 g/mol. The van der Waals surface area contributed by atoms with Crippen molar-refractivity contribution in [3.63, 3.8) is 0 Å². The molecule has 0 bridgehead atoms. The molecule has 154 valence electrons. The molecule has 5 aromatic rings. The first kappa shape index (κ1) is 19.0. The van der Waals surface area contributed by atoms with Crippen LogP contribution in [0.25, 0.3) is 44.0 Å². The summed E-state index contributed by atoms with van der Waals surface area (Å²) >= 11 is 0. The number of aryl methyl sites for hydroxylation is 1. The summed E-state index contributed by atoms with van der Waals surface area (Å²) in [7, 11) is 0. The standard InChI is InChI=1S/C23H19N5O3/c24-8-3-9-27-13-18(17-7-6-16(28(30)31)12-21(17)27)22-23(29)26-20-11-15-5-2-1-4-14(15)10-19(20)25-22/h1-2,4-7,10-13H,3,8-9,24H2,(H,26,29). The zero-order valence-corrected chi connectivity index (χ0v) is 16.5. The highest BCUT2D eigenvalue weighted by atomic mass is 16.6. The molecule has 2 aromatic heterocycles. The Labute approximate surface area is 176 Å². The minimum absolute atomic E-state index is 0.00185. The third kappa shape index (κ3) is 3.23. The maximum atomic E-state index is 13.0. The van der Waals surface area contributed by atoms with E-state index in [9.17, 15) is 14.9 Å². The summed E-state index contributed by atoms with van der Waals surface area (Å²) in [6, 6.07) is 16.4. The zero-order chi connectivity index (χ0) is 21.5. The number of nitrogens with two attached hydrogens (primary N) is 1. The predicted molar refractivity (Wildman–Crippen MR) is 121 cm³/mol. The topological polar surface area (TPSA) is 120 Å². The van der Waals surface area contributed by atoms with E-state index in [2.05, 4.69) is 9.97 Å². The van der Waals surface area contributed by atoms with E-state index in [0.29, 0.717) is 41.6 Å². The third-order valence-electron chi connectivity index (χ3n) is 5.49. The molecule has 0 aliphatic heterocycles. The largest absolute Gasteiger partial charge is 0.347 e. The second kappa shape index (κ2) is 7.33. The van der Waals surface area contributed by atoms with Gasteiger partial charge in [-0.05, 0) is 41.9 Å². The van der Waals surface area contributed by atoms with Crippen molar-refractivity contribution in [1.29, 1.82) is 0 Å². The van der Waals surface area contributed by atoms with Gasteiger partial charge >= 0.3 is 0 Å². The summed E-state index contributed by atoms with van der Waals surface area (Å²) in [6.45, 7) is 1.08. The Morgan fingerprint density at radius 2 is 1.87 bits per heavy atom. The number of fused-ring (bicyclic) bond motifs is 3. The molecule has 0 unspecified atom stereocenters. The molecule has 3 aromatic carbocycles. The number of nitro groups is 1. The van der Waals surface area contributed by atoms with Crippen LogP contribution in [0.1, 0.15) is 6.42 Å². The molecule has 3 N–H and O–H groups in total. The summed E-state index contributed by atoms with van der Waals surface area (Å²) in [4.78, 5) is 31.4. The lowest BCUT2D eigenvalue weighted by molar-refractivity contribution is -0.384. The van der Waals surface area contributed by atoms with Gasteiger partial charge in [0.1, 0.15) is 5.69 Å². The van der Waals surface area contributed by atoms with Gasteiger partial charge < -0.3 is 15.3 Å². The highest BCUT2D eigenvalue weighted by Gasteiger charge is 2.18. The van der Waals surface area contributed by atoms with Crippen molar-refractivity contribution in [1.82, 2.24) is 14.5 Å². The highest BCUT2D eigenvalue weighted by Crippen LogP contribution is 2.32. The molecule has 0 saturated heterocycles. The number of hydrogen-bond acceptors (Lipinski definition) is 5. The van der Waals surface area contributed by atoms with Gasteiger partial charge in [-0.1, -0.05) is 24.3 Å². The molecule has 8 nitrogen and oxygen atoms in total. The first-order valence-corrected chi connectivity index (χ1v) is 9.96. The van der Waals surface area contributed by atoms with E-state index in [1.165, 1.54) is 12.1 Å². The SMILES string of the molecule is NCCCn1cc(-c2nc3cc4ccccc4cc3[nH]c2=O)c2ccc([N+](=O)[O-])cc21. The number of nitro benzene ring substituents is 1. The first-order valence-electron chi connectivity index (χ1n) is 9.96. The maximum absolute atomic E-state index is 13.0. The van der Waals surface area contributed by atoms with Crippen molar-refractivity contribution in [3.8, 4) is 11.3 Å². The van der Waals surface area contributed by atoms with E-state index in [1.54, 1.807) is 6.07 Å². The summed E-state index contributed by atoms with van der Waals surface area (Å²) in [5.74, 6) is 0. The lowest BCUT2D eigenvalue weighted by Crippen LogP contribution is -2.11. The molecule has 0 aliphatic carbocycles. The smallest absolute Gasteiger partial charge is 0.275 e. The van der Waals surface area contributed by atoms with Crippen molar-refractivity contribution in [2.45, 2.75) is 13.0 Å². The highest BCUT2D eigenvalue weighted by molar-refractivity contribution is 5.98. The predicted octanol–water partition coefficient (Wildman–Crippen LogP) is 3.96. The summed E-state index contributed by atoms with van der Waals surface area (Å²) in [5, 5.41) is 14.0. The molecular formula is C23H19N5O3. The Kier molecular flexibility index (Phi) is 4.48. The van der Waals surface area contributed by atoms with Gasteiger partial charge in [-0.25, -0.2) is 4.98 Å². The second-order valence-corrected chi connectivity index (χ2v) is 7.47. The van der Waals surface area contributed by atoms with E-state index in [-0.39, 0.29) is 16.9 Å². The van der Waals surface area contributed by atoms with Crippen LogP contribution in [0.15, 0.2) is 65.6 Å². The van der Waals surface area contributed by atoms with Crippen LogP contribution in [0, 0.1) is 10.1 Å². The van der Waals surface area contributed by atoms with E-state index < -0.39 is 4.92 Å². The van der Waals surface area contributed by atoms with Crippen LogP contribution in [0.2, 0.25) is 0 Å². The summed E-state index contributed by atoms with van der Waals surface area (Å²) in [5.41, 5.74) is 8.29. The van der Waals surface area contributed by atoms with Crippen LogP contribution in [0.4, 0.5) is 5.69 Å². The fourth-order valence-corrected chi connectivity index (χ4v) is 3.99. The number of nitrogens with zero attached hydrogens (tertiary/aromatic N) is 3. The minimum Gasteiger partial charge on any atom is -0.347 e. The van der Waals surface area contributed by atoms with E-state index in [4.69, 9.17) is 5.73 Å². The molecule has 31 heavy (non-hydrogen) atoms. The van der Waals surface area contributed by atoms with E-state index >= 15 is 0 Å². The van der Waals surface area contributed by atoms with Gasteiger partial charge in [0.2, 0.25) is 0 Å². The average molecular weight is 413 g/mol. The molecular weight excluding hydrogens is 394 g/mol. The van der Waals surface area contributed by atoms with Crippen LogP contribution in [-0.4, -0.2) is 26.0 Å². The molecule has 0 atom stereocenters. The number of non-ortho nitro benzene ring substituents is 1. The Hall–Kier alpha value is -4.04. The van der Waals surface area contributed by atoms with Gasteiger partial charge in [-0.3, -0.25) is 14.9 Å². The molecule has 0 fully saturated rings. The molecule has 0 aliphatic rings. The van der Waals surface area contributed by atoms with Crippen LogP contribution in [0.5, 0.6) is 0 Å². The Balaban J connectivity index is 1.75. The van der Waals surface area contributed by atoms with Gasteiger partial charge in [0.15, 0.2) is 0 Å². The summed E-state index contributed by atoms with van der Waals surface area (Å²) < 4.78 is 1.90. The van der Waals surface area contributed by atoms with Gasteiger partial charge in [0, 0.05) is 35.8 Å². The van der Waals surface area contributed by atoms with Gasteiger partial charge in [-0.2, -0.15) is 0 Å². The third-order valence-corrected chi connectivity index (χ3v) is 5.49. The normalized spacial score (nSPS) is 11.5. The van der Waals surface area contributed by atoms with E-state index in [1.807, 2.05) is 47.2 Å². The fourth-order valence-electron chi connectivity index (χ4n) is 3.99. The quantitative estimate of drug-likeness (QED) is 0.257. The van der Waals surface area contributed by atoms with Crippen molar-refractivity contribution < 1.29 is 4.92 Å². The molecule has 8 heteroatoms. The average Bonchev–Trinajstić information content (AvgIpc) is 3.13. The molecule has 0 saturated carbocycles. The first-order chi connectivity index (χ1) is 15.0. The van der Waals surface area contributed by atoms with Crippen molar-refractivity contribution in [3.05, 3.63) is 81.3 Å². The number of hydrogen-bond donors (Lipinski definition) is 2. The van der Waals surface area contributed by atoms with Crippen LogP contribution < -0.4 is 11.3 Å². The molecule has 0 spiro atoms. The Bertz CT molecular complexity index is 1530. The van der Waals surface area contributed by atoms with E-state index in [0.717, 1.165) is 16.2 Å². The number of aromatic nitrogens is 3. The lowest BCUT2D eigenvalue weighted by Gasteiger charge is -2.04. The molecule has 5 rings (SSSR count). The van der Waals surface area contributed by atoms with Crippen LogP contribution >= 0.6 is 0 Å². The fraction of sp³-hybridized carbons (Fsp3) is 0.130. The zero-order valence-electron chi connectivity index (χ0n) is 16.5. The second-order valence-electron chi connectivity index (χ2n) is 7.47. The summed E-state index contributed by atoms with van der Waals surface area (Å²) in [6.07, 6.45) is 2.54. The molecule has 0 radical (unpaired) electrons. The number of rotatable bonds is 5. The number of H-pyrrole nitrogens is 1. The maximum Gasteiger partial charge on any atom is 0.275 e. The minimum atomic E-state index is -0.425. The number of nitrogens with one attached hydrogen (secondary N) is 1. The van der Waals surface area contributed by atoms with Crippen LogP contribution in [0.3, 0.4) is 0 Å². The van der Waals surface area contributed by atoms with Crippen LogP contribution in [-0.2, 0) is 6.54 Å². The van der Waals surface area contributed by atoms with Crippen molar-refractivity contribution in [2.24, 2.45) is 5.73 Å². The Morgan fingerprint density at radius 3 is 2.61 bits per heavy atom. The number of benzene rings is 3.